The van der Waals surface area contributed by atoms with Crippen molar-refractivity contribution in [3.05, 3.63) is 29.3 Å². The molecule has 1 aromatic carbocycles. The minimum Gasteiger partial charge on any atom is -0.478 e. The Labute approximate surface area is 128 Å². The molecule has 0 bridgehead atoms. The van der Waals surface area contributed by atoms with Crippen molar-refractivity contribution in [3.63, 3.8) is 0 Å². The fraction of sp³-hybridized carbons (Fsp3) is 0.467. The third kappa shape index (κ3) is 4.14. The molecular weight excluding hydrogens is 288 g/mol. The molecule has 2 atom stereocenters. The van der Waals surface area contributed by atoms with Gasteiger partial charge in [0, 0.05) is 17.0 Å². The van der Waals surface area contributed by atoms with E-state index in [1.807, 2.05) is 11.8 Å². The van der Waals surface area contributed by atoms with Gasteiger partial charge in [0.15, 0.2) is 0 Å². The van der Waals surface area contributed by atoms with Crippen molar-refractivity contribution in [1.29, 1.82) is 0 Å². The zero-order valence-electron chi connectivity index (χ0n) is 12.2. The van der Waals surface area contributed by atoms with Crippen LogP contribution in [0, 0.1) is 6.92 Å². The molecule has 0 spiro atoms. The summed E-state index contributed by atoms with van der Waals surface area (Å²) < 4.78 is 0. The van der Waals surface area contributed by atoms with Crippen LogP contribution in [0.15, 0.2) is 18.2 Å². The van der Waals surface area contributed by atoms with Gasteiger partial charge in [-0.15, -0.1) is 0 Å². The Morgan fingerprint density at radius 1 is 1.33 bits per heavy atom. The van der Waals surface area contributed by atoms with Crippen molar-refractivity contribution in [2.24, 2.45) is 0 Å². The number of thioether (sulfide) groups is 1. The summed E-state index contributed by atoms with van der Waals surface area (Å²) in [6.45, 7) is 1.78. The molecule has 1 saturated carbocycles. The van der Waals surface area contributed by atoms with Crippen LogP contribution in [-0.4, -0.2) is 34.7 Å². The van der Waals surface area contributed by atoms with Gasteiger partial charge in [-0.2, -0.15) is 11.8 Å². The van der Waals surface area contributed by atoms with Crippen LogP contribution in [-0.2, 0) is 0 Å². The van der Waals surface area contributed by atoms with E-state index in [-0.39, 0.29) is 17.6 Å². The molecular formula is C15H20N2O3S. The molecule has 6 heteroatoms. The summed E-state index contributed by atoms with van der Waals surface area (Å²) >= 11 is 1.85. The number of hydrogen-bond donors (Lipinski definition) is 3. The number of urea groups is 1. The highest BCUT2D eigenvalue weighted by molar-refractivity contribution is 7.99. The lowest BCUT2D eigenvalue weighted by atomic mass is 10.1. The lowest BCUT2D eigenvalue weighted by Crippen LogP contribution is -2.36. The molecule has 0 saturated heterocycles. The first kappa shape index (κ1) is 15.7. The number of amides is 2. The molecule has 2 unspecified atom stereocenters. The Kier molecular flexibility index (Phi) is 5.12. The summed E-state index contributed by atoms with van der Waals surface area (Å²) in [5.74, 6) is -0.969. The van der Waals surface area contributed by atoms with Crippen molar-refractivity contribution < 1.29 is 14.7 Å². The smallest absolute Gasteiger partial charge is 0.335 e. The first-order valence-corrected chi connectivity index (χ1v) is 8.22. The zero-order valence-corrected chi connectivity index (χ0v) is 13.0. The molecule has 21 heavy (non-hydrogen) atoms. The maximum absolute atomic E-state index is 12.0. The van der Waals surface area contributed by atoms with E-state index in [0.29, 0.717) is 10.9 Å². The Bertz CT molecular complexity index is 548. The second-order valence-corrected chi connectivity index (χ2v) is 6.44. The molecule has 1 aromatic rings. The van der Waals surface area contributed by atoms with Crippen LogP contribution in [0.1, 0.15) is 35.2 Å². The van der Waals surface area contributed by atoms with Gasteiger partial charge in [-0.1, -0.05) is 0 Å². The quantitative estimate of drug-likeness (QED) is 0.798. The number of aromatic carboxylic acids is 1. The third-order valence-electron chi connectivity index (χ3n) is 3.77. The molecule has 2 rings (SSSR count). The standard InChI is InChI=1S/C15H20N2O3S/c1-9-7-10(14(18)19)3-6-13(9)17-15(20)16-11-4-5-12(8-11)21-2/h3,6-7,11-12H,4-5,8H2,1-2H3,(H,18,19)(H2,16,17,20). The van der Waals surface area contributed by atoms with Gasteiger partial charge in [-0.05, 0) is 56.2 Å². The number of benzene rings is 1. The molecule has 3 N–H and O–H groups in total. The molecule has 5 nitrogen and oxygen atoms in total. The minimum atomic E-state index is -0.969. The van der Waals surface area contributed by atoms with Crippen LogP contribution in [0.25, 0.3) is 0 Å². The van der Waals surface area contributed by atoms with Gasteiger partial charge >= 0.3 is 12.0 Å². The third-order valence-corrected chi connectivity index (χ3v) is 4.87. The minimum absolute atomic E-state index is 0.220. The van der Waals surface area contributed by atoms with Crippen LogP contribution >= 0.6 is 11.8 Å². The molecule has 1 fully saturated rings. The maximum atomic E-state index is 12.0. The van der Waals surface area contributed by atoms with E-state index in [1.165, 1.54) is 6.07 Å². The highest BCUT2D eigenvalue weighted by Gasteiger charge is 2.25. The van der Waals surface area contributed by atoms with E-state index in [1.54, 1.807) is 19.1 Å². The van der Waals surface area contributed by atoms with E-state index in [2.05, 4.69) is 16.9 Å². The van der Waals surface area contributed by atoms with Crippen molar-refractivity contribution in [3.8, 4) is 0 Å². The Morgan fingerprint density at radius 2 is 2.10 bits per heavy atom. The van der Waals surface area contributed by atoms with E-state index in [0.717, 1.165) is 24.8 Å². The number of anilines is 1. The number of nitrogens with one attached hydrogen (secondary N) is 2. The molecule has 2 amide bonds. The van der Waals surface area contributed by atoms with Crippen LogP contribution in [0.5, 0.6) is 0 Å². The van der Waals surface area contributed by atoms with Crippen LogP contribution in [0.3, 0.4) is 0 Å². The molecule has 1 aliphatic rings. The van der Waals surface area contributed by atoms with Crippen LogP contribution in [0.4, 0.5) is 10.5 Å². The monoisotopic (exact) mass is 308 g/mol. The van der Waals surface area contributed by atoms with Crippen molar-refractivity contribution in [1.82, 2.24) is 5.32 Å². The van der Waals surface area contributed by atoms with Gasteiger partial charge in [0.05, 0.1) is 5.56 Å². The second-order valence-electron chi connectivity index (χ2n) is 5.30. The molecule has 114 valence electrons. The summed E-state index contributed by atoms with van der Waals surface area (Å²) in [7, 11) is 0. The fourth-order valence-electron chi connectivity index (χ4n) is 2.57. The first-order valence-electron chi connectivity index (χ1n) is 6.94. The number of carbonyl (C=O) groups is 2. The van der Waals surface area contributed by atoms with E-state index < -0.39 is 5.97 Å². The molecule has 1 aliphatic carbocycles. The predicted octanol–water partition coefficient (Wildman–Crippen LogP) is 3.10. The Hall–Kier alpha value is -1.69. The zero-order chi connectivity index (χ0) is 15.4. The SMILES string of the molecule is CSC1CCC(NC(=O)Nc2ccc(C(=O)O)cc2C)C1. The number of carbonyl (C=O) groups excluding carboxylic acids is 1. The first-order chi connectivity index (χ1) is 9.99. The van der Waals surface area contributed by atoms with Crippen molar-refractivity contribution in [2.45, 2.75) is 37.5 Å². The van der Waals surface area contributed by atoms with E-state index in [9.17, 15) is 9.59 Å². The van der Waals surface area contributed by atoms with Crippen molar-refractivity contribution >= 4 is 29.4 Å². The number of rotatable bonds is 4. The molecule has 0 aromatic heterocycles. The van der Waals surface area contributed by atoms with Gasteiger partial charge in [0.2, 0.25) is 0 Å². The fourth-order valence-corrected chi connectivity index (χ4v) is 3.36. The summed E-state index contributed by atoms with van der Waals surface area (Å²) in [4.78, 5) is 22.9. The molecule has 0 radical (unpaired) electrons. The molecule has 0 aliphatic heterocycles. The van der Waals surface area contributed by atoms with Gasteiger partial charge in [-0.3, -0.25) is 0 Å². The second kappa shape index (κ2) is 6.85. The van der Waals surface area contributed by atoms with Gasteiger partial charge in [0.1, 0.15) is 0 Å². The van der Waals surface area contributed by atoms with Crippen LogP contribution in [0.2, 0.25) is 0 Å². The number of hydrogen-bond acceptors (Lipinski definition) is 3. The van der Waals surface area contributed by atoms with E-state index >= 15 is 0 Å². The molecule has 0 heterocycles. The summed E-state index contributed by atoms with van der Waals surface area (Å²) in [6.07, 6.45) is 5.25. The van der Waals surface area contributed by atoms with Gasteiger partial charge in [0.25, 0.3) is 0 Å². The lowest BCUT2D eigenvalue weighted by Gasteiger charge is -2.15. The summed E-state index contributed by atoms with van der Waals surface area (Å²) in [6, 6.07) is 4.66. The predicted molar refractivity (Wildman–Crippen MR) is 85.2 cm³/mol. The topological polar surface area (TPSA) is 78.4 Å². The highest BCUT2D eigenvalue weighted by Crippen LogP contribution is 2.28. The number of carboxylic acids is 1. The van der Waals surface area contributed by atoms with Crippen molar-refractivity contribution in [2.75, 3.05) is 11.6 Å². The summed E-state index contributed by atoms with van der Waals surface area (Å²) in [5, 5.41) is 15.3. The average Bonchev–Trinajstić information content (AvgIpc) is 2.88. The van der Waals surface area contributed by atoms with Crippen LogP contribution < -0.4 is 10.6 Å². The maximum Gasteiger partial charge on any atom is 0.335 e. The number of aryl methyl sites for hydroxylation is 1. The average molecular weight is 308 g/mol. The summed E-state index contributed by atoms with van der Waals surface area (Å²) in [5.41, 5.74) is 1.59. The van der Waals surface area contributed by atoms with E-state index in [4.69, 9.17) is 5.11 Å². The lowest BCUT2D eigenvalue weighted by molar-refractivity contribution is 0.0697. The Morgan fingerprint density at radius 3 is 2.67 bits per heavy atom. The largest absolute Gasteiger partial charge is 0.478 e. The van der Waals surface area contributed by atoms with Gasteiger partial charge < -0.3 is 15.7 Å². The normalized spacial score (nSPS) is 21.0. The Balaban J connectivity index is 1.92. The number of carboxylic acid groups (broad SMARTS) is 1. The highest BCUT2D eigenvalue weighted by atomic mass is 32.2. The van der Waals surface area contributed by atoms with Gasteiger partial charge in [-0.25, -0.2) is 9.59 Å².